The monoisotopic (exact) mass is 398 g/mol. The molecule has 0 radical (unpaired) electrons. The van der Waals surface area contributed by atoms with Crippen molar-refractivity contribution in [2.45, 2.75) is 38.3 Å². The van der Waals surface area contributed by atoms with Crippen molar-refractivity contribution in [3.8, 4) is 11.8 Å². The van der Waals surface area contributed by atoms with Crippen molar-refractivity contribution in [3.63, 3.8) is 0 Å². The van der Waals surface area contributed by atoms with Gasteiger partial charge in [-0.05, 0) is 25.8 Å². The fourth-order valence-electron chi connectivity index (χ4n) is 3.79. The Morgan fingerprint density at radius 1 is 1.45 bits per heavy atom. The standard InChI is InChI=1S/C19H18N4O6/c1-10-7-14-17(19(24)22(10)9-11-3-2-6-27-11)16(12(8-20)18(21)29-14)13-4-5-15(28-13)23(25)26/h4-5,7,11,16H,2-3,6,9,21H2,1H3/t11-,16-/m1/s1. The van der Waals surface area contributed by atoms with E-state index in [0.717, 1.165) is 12.8 Å². The number of allylic oxidation sites excluding steroid dienone is 1. The zero-order valence-electron chi connectivity index (χ0n) is 15.6. The van der Waals surface area contributed by atoms with E-state index in [0.29, 0.717) is 18.8 Å². The maximum atomic E-state index is 13.4. The lowest BCUT2D eigenvalue weighted by Crippen LogP contribution is -2.34. The third kappa shape index (κ3) is 3.15. The minimum atomic E-state index is -0.999. The summed E-state index contributed by atoms with van der Waals surface area (Å²) in [6, 6.07) is 6.15. The Kier molecular flexibility index (Phi) is 4.60. The summed E-state index contributed by atoms with van der Waals surface area (Å²) in [6.07, 6.45) is 1.71. The second-order valence-electron chi connectivity index (χ2n) is 6.97. The highest BCUT2D eigenvalue weighted by atomic mass is 16.6. The van der Waals surface area contributed by atoms with Gasteiger partial charge in [0, 0.05) is 18.4 Å². The molecule has 4 heterocycles. The third-order valence-corrected chi connectivity index (χ3v) is 5.18. The average molecular weight is 398 g/mol. The number of nitrogens with two attached hydrogens (primary N) is 1. The van der Waals surface area contributed by atoms with Gasteiger partial charge in [-0.25, -0.2) is 0 Å². The first-order valence-corrected chi connectivity index (χ1v) is 9.08. The Bertz CT molecular complexity index is 1120. The molecule has 29 heavy (non-hydrogen) atoms. The van der Waals surface area contributed by atoms with E-state index >= 15 is 0 Å². The van der Waals surface area contributed by atoms with Crippen molar-refractivity contribution in [3.05, 3.63) is 67.1 Å². The van der Waals surface area contributed by atoms with Crippen molar-refractivity contribution in [1.82, 2.24) is 4.57 Å². The summed E-state index contributed by atoms with van der Waals surface area (Å²) in [5.41, 5.74) is 6.30. The quantitative estimate of drug-likeness (QED) is 0.608. The molecule has 0 spiro atoms. The van der Waals surface area contributed by atoms with Gasteiger partial charge in [0.2, 0.25) is 5.88 Å². The van der Waals surface area contributed by atoms with E-state index in [1.807, 2.05) is 6.07 Å². The third-order valence-electron chi connectivity index (χ3n) is 5.18. The normalized spacial score (nSPS) is 20.8. The fourth-order valence-corrected chi connectivity index (χ4v) is 3.79. The zero-order valence-corrected chi connectivity index (χ0v) is 15.6. The van der Waals surface area contributed by atoms with E-state index in [1.54, 1.807) is 17.6 Å². The molecule has 2 atom stereocenters. The number of aryl methyl sites for hydroxylation is 1. The lowest BCUT2D eigenvalue weighted by Gasteiger charge is -2.26. The fraction of sp³-hybridized carbons (Fsp3) is 0.368. The van der Waals surface area contributed by atoms with Crippen LogP contribution >= 0.6 is 0 Å². The Morgan fingerprint density at radius 2 is 2.24 bits per heavy atom. The summed E-state index contributed by atoms with van der Waals surface area (Å²) in [7, 11) is 0. The molecule has 1 fully saturated rings. The first-order chi connectivity index (χ1) is 13.9. The summed E-state index contributed by atoms with van der Waals surface area (Å²) in [5, 5.41) is 20.6. The van der Waals surface area contributed by atoms with E-state index in [4.69, 9.17) is 19.6 Å². The molecule has 2 aromatic heterocycles. The van der Waals surface area contributed by atoms with Crippen molar-refractivity contribution in [2.75, 3.05) is 6.61 Å². The lowest BCUT2D eigenvalue weighted by atomic mass is 9.88. The molecule has 10 heteroatoms. The van der Waals surface area contributed by atoms with Gasteiger partial charge in [0.25, 0.3) is 5.56 Å². The number of hydrogen-bond acceptors (Lipinski definition) is 8. The zero-order chi connectivity index (χ0) is 20.7. The number of nitriles is 1. The number of rotatable bonds is 4. The molecule has 1 saturated heterocycles. The number of furan rings is 1. The Balaban J connectivity index is 1.88. The van der Waals surface area contributed by atoms with E-state index < -0.39 is 16.7 Å². The average Bonchev–Trinajstić information content (AvgIpc) is 3.36. The highest BCUT2D eigenvalue weighted by Gasteiger charge is 2.37. The number of nitro groups is 1. The molecule has 0 aliphatic carbocycles. The summed E-state index contributed by atoms with van der Waals surface area (Å²) in [4.78, 5) is 23.7. The first kappa shape index (κ1) is 18.8. The second-order valence-corrected chi connectivity index (χ2v) is 6.97. The highest BCUT2D eigenvalue weighted by molar-refractivity contribution is 5.54. The Labute approximate surface area is 164 Å². The van der Waals surface area contributed by atoms with Crippen LogP contribution in [0.2, 0.25) is 0 Å². The molecule has 2 N–H and O–H groups in total. The molecule has 0 aromatic carbocycles. The summed E-state index contributed by atoms with van der Waals surface area (Å²) in [6.45, 7) is 2.79. The molecule has 4 rings (SSSR count). The van der Waals surface area contributed by atoms with Gasteiger partial charge in [0.15, 0.2) is 0 Å². The highest BCUT2D eigenvalue weighted by Crippen LogP contribution is 2.41. The molecule has 0 unspecified atom stereocenters. The largest absolute Gasteiger partial charge is 0.440 e. The van der Waals surface area contributed by atoms with Crippen LogP contribution in [0.15, 0.2) is 38.9 Å². The molecule has 2 aliphatic heterocycles. The minimum absolute atomic E-state index is 0.0358. The van der Waals surface area contributed by atoms with Gasteiger partial charge in [0.05, 0.1) is 30.2 Å². The Hall–Kier alpha value is -3.58. The van der Waals surface area contributed by atoms with Gasteiger partial charge >= 0.3 is 5.88 Å². The predicted molar refractivity (Wildman–Crippen MR) is 99.1 cm³/mol. The Morgan fingerprint density at radius 3 is 2.86 bits per heavy atom. The summed E-state index contributed by atoms with van der Waals surface area (Å²) < 4.78 is 18.1. The summed E-state index contributed by atoms with van der Waals surface area (Å²) in [5.74, 6) is -1.38. The molecular formula is C19H18N4O6. The number of hydrogen-bond donors (Lipinski definition) is 1. The van der Waals surface area contributed by atoms with Crippen molar-refractivity contribution < 1.29 is 18.8 Å². The number of pyridine rings is 1. The van der Waals surface area contributed by atoms with Gasteiger partial charge in [-0.2, -0.15) is 5.26 Å². The van der Waals surface area contributed by atoms with E-state index in [2.05, 4.69) is 0 Å². The molecule has 2 aliphatic rings. The van der Waals surface area contributed by atoms with Crippen LogP contribution in [0.3, 0.4) is 0 Å². The van der Waals surface area contributed by atoms with Crippen LogP contribution in [0.25, 0.3) is 0 Å². The summed E-state index contributed by atoms with van der Waals surface area (Å²) >= 11 is 0. The van der Waals surface area contributed by atoms with Crippen LogP contribution < -0.4 is 16.0 Å². The van der Waals surface area contributed by atoms with Crippen LogP contribution in [0.4, 0.5) is 5.88 Å². The molecule has 10 nitrogen and oxygen atoms in total. The van der Waals surface area contributed by atoms with Gasteiger partial charge in [0.1, 0.15) is 28.1 Å². The van der Waals surface area contributed by atoms with E-state index in [1.165, 1.54) is 12.1 Å². The van der Waals surface area contributed by atoms with Crippen molar-refractivity contribution in [2.24, 2.45) is 5.73 Å². The van der Waals surface area contributed by atoms with E-state index in [-0.39, 0.29) is 40.2 Å². The molecule has 2 aromatic rings. The minimum Gasteiger partial charge on any atom is -0.440 e. The van der Waals surface area contributed by atoms with E-state index in [9.17, 15) is 20.2 Å². The van der Waals surface area contributed by atoms with Crippen LogP contribution in [0, 0.1) is 28.4 Å². The number of ether oxygens (including phenoxy) is 2. The number of fused-ring (bicyclic) bond motifs is 1. The predicted octanol–water partition coefficient (Wildman–Crippen LogP) is 2.06. The van der Waals surface area contributed by atoms with Crippen LogP contribution in [-0.4, -0.2) is 22.2 Å². The van der Waals surface area contributed by atoms with Gasteiger partial charge in [-0.15, -0.1) is 0 Å². The first-order valence-electron chi connectivity index (χ1n) is 9.08. The SMILES string of the molecule is Cc1cc2c(c(=O)n1C[C@H]1CCCO1)[C@@H](c1ccc([N+](=O)[O-])o1)C(C#N)=C(N)O2. The van der Waals surface area contributed by atoms with Gasteiger partial charge in [-0.1, -0.05) is 0 Å². The van der Waals surface area contributed by atoms with Crippen molar-refractivity contribution >= 4 is 5.88 Å². The van der Waals surface area contributed by atoms with Crippen LogP contribution in [0.1, 0.15) is 35.8 Å². The smallest absolute Gasteiger partial charge is 0.433 e. The van der Waals surface area contributed by atoms with Gasteiger partial charge in [-0.3, -0.25) is 14.9 Å². The molecular weight excluding hydrogens is 380 g/mol. The molecule has 0 saturated carbocycles. The van der Waals surface area contributed by atoms with Crippen LogP contribution in [0.5, 0.6) is 5.75 Å². The maximum Gasteiger partial charge on any atom is 0.433 e. The van der Waals surface area contributed by atoms with Crippen LogP contribution in [-0.2, 0) is 11.3 Å². The molecule has 0 amide bonds. The number of nitrogens with zero attached hydrogens (tertiary/aromatic N) is 3. The molecule has 150 valence electrons. The lowest BCUT2D eigenvalue weighted by molar-refractivity contribution is -0.402. The van der Waals surface area contributed by atoms with Gasteiger partial charge < -0.3 is 24.2 Å². The number of aromatic nitrogens is 1. The molecule has 0 bridgehead atoms. The maximum absolute atomic E-state index is 13.4. The second kappa shape index (κ2) is 7.10. The van der Waals surface area contributed by atoms with Crippen molar-refractivity contribution in [1.29, 1.82) is 5.26 Å². The topological polar surface area (TPSA) is 147 Å².